The molecule has 2 aromatic heterocycles. The van der Waals surface area contributed by atoms with Crippen LogP contribution >= 0.6 is 0 Å². The van der Waals surface area contributed by atoms with E-state index in [1.807, 2.05) is 0 Å². The van der Waals surface area contributed by atoms with Crippen molar-refractivity contribution in [2.75, 3.05) is 25.0 Å². The molecule has 1 fully saturated rings. The topological polar surface area (TPSA) is 88.6 Å². The van der Waals surface area contributed by atoms with Gasteiger partial charge in [-0.1, -0.05) is 19.1 Å². The number of aromatic nitrogens is 3. The summed E-state index contributed by atoms with van der Waals surface area (Å²) in [7, 11) is 0. The van der Waals surface area contributed by atoms with Crippen molar-refractivity contribution in [3.8, 4) is 0 Å². The number of primary amides is 1. The summed E-state index contributed by atoms with van der Waals surface area (Å²) in [5.74, 6) is -1.10. The molecule has 14 heteroatoms. The normalized spacial score (nSPS) is 18.4. The van der Waals surface area contributed by atoms with Gasteiger partial charge in [-0.2, -0.15) is 36.0 Å². The summed E-state index contributed by atoms with van der Waals surface area (Å²) in [4.78, 5) is 16.4. The van der Waals surface area contributed by atoms with Crippen LogP contribution in [0.5, 0.6) is 0 Å². The van der Waals surface area contributed by atoms with Gasteiger partial charge in [0.2, 0.25) is 0 Å². The molecule has 0 radical (unpaired) electrons. The third-order valence-corrected chi connectivity index (χ3v) is 6.55. The van der Waals surface area contributed by atoms with Gasteiger partial charge in [-0.3, -0.25) is 0 Å². The Balaban J connectivity index is 1.75. The van der Waals surface area contributed by atoms with Crippen molar-refractivity contribution in [2.45, 2.75) is 31.1 Å². The summed E-state index contributed by atoms with van der Waals surface area (Å²) in [6, 6.07) is 5.87. The molecule has 1 aliphatic rings. The number of likely N-dealkylation sites (tertiary alicyclic amines) is 1. The first-order valence-corrected chi connectivity index (χ1v) is 10.8. The average Bonchev–Trinajstić information content (AvgIpc) is 3.45. The number of anilines is 1. The Hall–Kier alpha value is -3.58. The fraction of sp³-hybridized carbons (Fsp3) is 0.409. The molecule has 7 nitrogen and oxygen atoms in total. The van der Waals surface area contributed by atoms with Crippen molar-refractivity contribution in [1.29, 1.82) is 0 Å². The second kappa shape index (κ2) is 8.82. The fourth-order valence-electron chi connectivity index (χ4n) is 4.45. The molecule has 2 atom stereocenters. The Kier molecular flexibility index (Phi) is 6.25. The number of alkyl halides is 6. The molecule has 0 aliphatic carbocycles. The lowest BCUT2D eigenvalue weighted by atomic mass is 9.71. The van der Waals surface area contributed by atoms with Gasteiger partial charge in [-0.15, -0.1) is 0 Å². The fourth-order valence-corrected chi connectivity index (χ4v) is 4.45. The molecule has 1 aromatic carbocycles. The Morgan fingerprint density at radius 3 is 2.28 bits per heavy atom. The van der Waals surface area contributed by atoms with Gasteiger partial charge in [0, 0.05) is 37.2 Å². The molecule has 3 aromatic rings. The number of rotatable bonds is 5. The third-order valence-electron chi connectivity index (χ3n) is 6.55. The van der Waals surface area contributed by atoms with E-state index in [1.54, 1.807) is 6.92 Å². The van der Waals surface area contributed by atoms with Gasteiger partial charge >= 0.3 is 18.4 Å². The van der Waals surface area contributed by atoms with E-state index >= 15 is 0 Å². The Labute approximate surface area is 200 Å². The highest BCUT2D eigenvalue weighted by atomic mass is 19.4. The van der Waals surface area contributed by atoms with Crippen molar-refractivity contribution in [2.24, 2.45) is 11.7 Å². The van der Waals surface area contributed by atoms with E-state index in [1.165, 1.54) is 29.2 Å². The van der Waals surface area contributed by atoms with Gasteiger partial charge in [0.25, 0.3) is 0 Å². The van der Waals surface area contributed by atoms with Crippen LogP contribution in [-0.2, 0) is 17.8 Å². The van der Waals surface area contributed by atoms with Crippen LogP contribution in [-0.4, -0.2) is 45.2 Å². The molecule has 4 rings (SSSR count). The monoisotopic (exact) mass is 518 g/mol. The molecule has 0 spiro atoms. The summed E-state index contributed by atoms with van der Waals surface area (Å²) < 4.78 is 94.2. The van der Waals surface area contributed by atoms with Gasteiger partial charge in [0.05, 0.1) is 0 Å². The average molecular weight is 518 g/mol. The highest BCUT2D eigenvalue weighted by Crippen LogP contribution is 2.39. The Morgan fingerprint density at radius 2 is 1.72 bits per heavy atom. The van der Waals surface area contributed by atoms with Crippen LogP contribution < -0.4 is 11.1 Å². The number of carbonyl (C=O) groups excluding carboxylic acids is 1. The lowest BCUT2D eigenvalue weighted by Crippen LogP contribution is -2.42. The molecule has 3 heterocycles. The number of hydrogen-bond donors (Lipinski definition) is 2. The standard InChI is InChI=1S/C22H21F7N6O/c1-20(12-2-4-14(23)5-3-12,13-6-7-34(10-13)19(30)36)11-31-17-8-15(21(24,25)26)32-18-9-16(22(27,28)29)33-35(17)18/h2-5,8-9,13,31H,6-7,10-11H2,1H3,(H2,30,36). The van der Waals surface area contributed by atoms with Crippen LogP contribution in [0.3, 0.4) is 0 Å². The van der Waals surface area contributed by atoms with E-state index in [2.05, 4.69) is 15.4 Å². The minimum atomic E-state index is -4.92. The van der Waals surface area contributed by atoms with Crippen LogP contribution in [0.1, 0.15) is 30.3 Å². The Bertz CT molecular complexity index is 1270. The van der Waals surface area contributed by atoms with Crippen LogP contribution in [0.4, 0.5) is 41.3 Å². The summed E-state index contributed by atoms with van der Waals surface area (Å²) in [5.41, 5.74) is 1.70. The van der Waals surface area contributed by atoms with E-state index in [-0.39, 0.29) is 24.8 Å². The minimum absolute atomic E-state index is 0.0759. The molecule has 2 amide bonds. The number of carbonyl (C=O) groups is 1. The van der Waals surface area contributed by atoms with Gasteiger partial charge in [-0.25, -0.2) is 14.2 Å². The predicted molar refractivity (Wildman–Crippen MR) is 114 cm³/mol. The smallest absolute Gasteiger partial charge is 0.369 e. The van der Waals surface area contributed by atoms with E-state index in [0.717, 1.165) is 0 Å². The molecule has 3 N–H and O–H groups in total. The molecule has 0 bridgehead atoms. The number of fused-ring (bicyclic) bond motifs is 1. The first kappa shape index (κ1) is 25.5. The maximum Gasteiger partial charge on any atom is 0.435 e. The number of urea groups is 1. The molecule has 194 valence electrons. The second-order valence-electron chi connectivity index (χ2n) is 8.87. The van der Waals surface area contributed by atoms with E-state index in [0.29, 0.717) is 35.2 Å². The van der Waals surface area contributed by atoms with Crippen molar-refractivity contribution in [3.05, 3.63) is 59.2 Å². The van der Waals surface area contributed by atoms with Crippen LogP contribution in [0.25, 0.3) is 5.65 Å². The molecule has 2 unspecified atom stereocenters. The van der Waals surface area contributed by atoms with Crippen molar-refractivity contribution >= 4 is 17.5 Å². The Morgan fingerprint density at radius 1 is 1.08 bits per heavy atom. The number of halogens is 7. The SMILES string of the molecule is CC(CNc1cc(C(F)(F)F)nc2cc(C(F)(F)F)nn12)(c1ccc(F)cc1)C1CCN(C(N)=O)C1. The number of amides is 2. The summed E-state index contributed by atoms with van der Waals surface area (Å²) >= 11 is 0. The number of nitrogens with zero attached hydrogens (tertiary/aromatic N) is 4. The third kappa shape index (κ3) is 4.88. The molecule has 1 aliphatic heterocycles. The van der Waals surface area contributed by atoms with Gasteiger partial charge < -0.3 is 16.0 Å². The summed E-state index contributed by atoms with van der Waals surface area (Å²) in [5, 5.41) is 6.21. The molecule has 0 saturated carbocycles. The first-order chi connectivity index (χ1) is 16.7. The van der Waals surface area contributed by atoms with Gasteiger partial charge in [0.15, 0.2) is 17.0 Å². The molecular weight excluding hydrogens is 497 g/mol. The van der Waals surface area contributed by atoms with Crippen molar-refractivity contribution in [1.82, 2.24) is 19.5 Å². The molecular formula is C22H21F7N6O. The largest absolute Gasteiger partial charge is 0.435 e. The van der Waals surface area contributed by atoms with E-state index in [9.17, 15) is 35.5 Å². The summed E-state index contributed by atoms with van der Waals surface area (Å²) in [6.07, 6.45) is -9.32. The number of nitrogens with one attached hydrogen (secondary N) is 1. The van der Waals surface area contributed by atoms with Crippen LogP contribution in [0, 0.1) is 11.7 Å². The van der Waals surface area contributed by atoms with Crippen LogP contribution in [0.2, 0.25) is 0 Å². The number of hydrogen-bond acceptors (Lipinski definition) is 4. The zero-order valence-corrected chi connectivity index (χ0v) is 18.8. The van der Waals surface area contributed by atoms with E-state index < -0.39 is 46.7 Å². The zero-order chi connectivity index (χ0) is 26.5. The maximum absolute atomic E-state index is 13.6. The van der Waals surface area contributed by atoms with Crippen molar-refractivity contribution < 1.29 is 35.5 Å². The van der Waals surface area contributed by atoms with Crippen LogP contribution in [0.15, 0.2) is 36.4 Å². The highest BCUT2D eigenvalue weighted by molar-refractivity contribution is 5.72. The predicted octanol–water partition coefficient (Wildman–Crippen LogP) is 4.68. The number of nitrogens with two attached hydrogens (primary N) is 1. The lowest BCUT2D eigenvalue weighted by molar-refractivity contribution is -0.142. The zero-order valence-electron chi connectivity index (χ0n) is 18.8. The van der Waals surface area contributed by atoms with Gasteiger partial charge in [-0.05, 0) is 30.0 Å². The maximum atomic E-state index is 13.6. The lowest BCUT2D eigenvalue weighted by Gasteiger charge is -2.37. The quantitative estimate of drug-likeness (QED) is 0.481. The minimum Gasteiger partial charge on any atom is -0.369 e. The first-order valence-electron chi connectivity index (χ1n) is 10.8. The molecule has 36 heavy (non-hydrogen) atoms. The number of benzene rings is 1. The van der Waals surface area contributed by atoms with E-state index in [4.69, 9.17) is 5.73 Å². The second-order valence-corrected chi connectivity index (χ2v) is 8.87. The molecule has 1 saturated heterocycles. The van der Waals surface area contributed by atoms with Gasteiger partial charge in [0.1, 0.15) is 11.6 Å². The van der Waals surface area contributed by atoms with Crippen molar-refractivity contribution in [3.63, 3.8) is 0 Å². The summed E-state index contributed by atoms with van der Waals surface area (Å²) in [6.45, 7) is 2.29. The highest BCUT2D eigenvalue weighted by Gasteiger charge is 2.42.